The molecule has 0 spiro atoms. The number of rotatable bonds is 3. The van der Waals surface area contributed by atoms with Crippen molar-refractivity contribution in [1.29, 1.82) is 0 Å². The van der Waals surface area contributed by atoms with Gasteiger partial charge in [-0.3, -0.25) is 0 Å². The Morgan fingerprint density at radius 1 is 1.55 bits per heavy atom. The van der Waals surface area contributed by atoms with Crippen LogP contribution in [0.5, 0.6) is 0 Å². The van der Waals surface area contributed by atoms with Gasteiger partial charge in [0.25, 0.3) is 0 Å². The van der Waals surface area contributed by atoms with E-state index in [1.165, 1.54) is 0 Å². The van der Waals surface area contributed by atoms with Gasteiger partial charge in [0.15, 0.2) is 0 Å². The van der Waals surface area contributed by atoms with Gasteiger partial charge in [-0.25, -0.2) is 4.39 Å². The first-order valence-electron chi connectivity index (χ1n) is 4.29. The van der Waals surface area contributed by atoms with Crippen molar-refractivity contribution in [1.82, 2.24) is 5.32 Å². The summed E-state index contributed by atoms with van der Waals surface area (Å²) in [6.07, 6.45) is -0.0246. The fourth-order valence-corrected chi connectivity index (χ4v) is 1.76. The van der Waals surface area contributed by atoms with Gasteiger partial charge >= 0.3 is 0 Å². The Morgan fingerprint density at radius 3 is 2.73 bits per heavy atom. The molecule has 3 N–H and O–H groups in total. The van der Waals surface area contributed by atoms with E-state index in [4.69, 9.17) is 5.73 Å². The fraction of sp³-hybridized carbons (Fsp3) is 1.00. The molecule has 0 amide bonds. The molecule has 3 atom stereocenters. The normalized spacial score (nSPS) is 34.1. The van der Waals surface area contributed by atoms with Crippen molar-refractivity contribution in [3.63, 3.8) is 0 Å². The minimum atomic E-state index is -0.686. The molecule has 3 heteroatoms. The third-order valence-corrected chi connectivity index (χ3v) is 2.41. The topological polar surface area (TPSA) is 38.0 Å². The van der Waals surface area contributed by atoms with Crippen LogP contribution in [0.15, 0.2) is 0 Å². The van der Waals surface area contributed by atoms with Gasteiger partial charge in [0.2, 0.25) is 0 Å². The maximum absolute atomic E-state index is 12.6. The largest absolute Gasteiger partial charge is 0.330 e. The molecule has 1 aliphatic rings. The molecule has 0 aromatic heterocycles. The van der Waals surface area contributed by atoms with E-state index in [1.807, 2.05) is 0 Å². The summed E-state index contributed by atoms with van der Waals surface area (Å²) in [7, 11) is 0. The molecule has 0 aromatic carbocycles. The third kappa shape index (κ3) is 2.42. The second-order valence-electron chi connectivity index (χ2n) is 3.43. The van der Waals surface area contributed by atoms with Crippen molar-refractivity contribution in [3.8, 4) is 0 Å². The van der Waals surface area contributed by atoms with Crippen LogP contribution < -0.4 is 11.1 Å². The molecule has 1 fully saturated rings. The Labute approximate surface area is 67.3 Å². The zero-order valence-electron chi connectivity index (χ0n) is 7.02. The second kappa shape index (κ2) is 4.02. The van der Waals surface area contributed by atoms with E-state index < -0.39 is 6.17 Å². The lowest BCUT2D eigenvalue weighted by molar-refractivity contribution is 0.267. The van der Waals surface area contributed by atoms with Crippen molar-refractivity contribution in [2.75, 3.05) is 19.6 Å². The molecule has 1 heterocycles. The second-order valence-corrected chi connectivity index (χ2v) is 3.43. The molecule has 1 rings (SSSR count). The van der Waals surface area contributed by atoms with Crippen LogP contribution in [-0.4, -0.2) is 25.8 Å². The zero-order valence-corrected chi connectivity index (χ0v) is 7.02. The van der Waals surface area contributed by atoms with Crippen molar-refractivity contribution in [2.45, 2.75) is 19.5 Å². The van der Waals surface area contributed by atoms with Crippen LogP contribution in [0, 0.1) is 11.8 Å². The Morgan fingerprint density at radius 2 is 2.18 bits per heavy atom. The Balaban J connectivity index is 2.31. The maximum atomic E-state index is 12.6. The molecule has 0 aliphatic carbocycles. The first-order valence-corrected chi connectivity index (χ1v) is 4.29. The van der Waals surface area contributed by atoms with Crippen molar-refractivity contribution in [3.05, 3.63) is 0 Å². The van der Waals surface area contributed by atoms with Crippen LogP contribution in [0.3, 0.4) is 0 Å². The van der Waals surface area contributed by atoms with Gasteiger partial charge in [-0.2, -0.15) is 0 Å². The monoisotopic (exact) mass is 160 g/mol. The van der Waals surface area contributed by atoms with Crippen LogP contribution in [0.2, 0.25) is 0 Å². The third-order valence-electron chi connectivity index (χ3n) is 2.41. The van der Waals surface area contributed by atoms with E-state index in [9.17, 15) is 4.39 Å². The smallest absolute Gasteiger partial charge is 0.0976 e. The molecule has 0 bridgehead atoms. The molecular formula is C8H17FN2. The first-order chi connectivity index (χ1) is 5.24. The number of hydrogen-bond donors (Lipinski definition) is 2. The highest BCUT2D eigenvalue weighted by Gasteiger charge is 2.26. The molecule has 3 unspecified atom stereocenters. The average molecular weight is 160 g/mol. The predicted molar refractivity (Wildman–Crippen MR) is 44.1 cm³/mol. The Bertz CT molecular complexity index is 117. The summed E-state index contributed by atoms with van der Waals surface area (Å²) in [5, 5.41) is 3.23. The van der Waals surface area contributed by atoms with Crippen molar-refractivity contribution < 1.29 is 4.39 Å². The van der Waals surface area contributed by atoms with Crippen molar-refractivity contribution in [2.24, 2.45) is 17.6 Å². The summed E-state index contributed by atoms with van der Waals surface area (Å²) in [4.78, 5) is 0. The Hall–Kier alpha value is -0.150. The van der Waals surface area contributed by atoms with E-state index in [0.717, 1.165) is 13.1 Å². The highest BCUT2D eigenvalue weighted by Crippen LogP contribution is 2.21. The van der Waals surface area contributed by atoms with Gasteiger partial charge in [-0.05, 0) is 44.8 Å². The lowest BCUT2D eigenvalue weighted by Crippen LogP contribution is -2.23. The molecule has 0 aromatic rings. The molecule has 1 saturated heterocycles. The first kappa shape index (κ1) is 8.94. The van der Waals surface area contributed by atoms with E-state index in [-0.39, 0.29) is 0 Å². The van der Waals surface area contributed by atoms with Crippen molar-refractivity contribution >= 4 is 0 Å². The number of nitrogens with two attached hydrogens (primary N) is 1. The lowest BCUT2D eigenvalue weighted by atomic mass is 9.91. The van der Waals surface area contributed by atoms with E-state index >= 15 is 0 Å². The molecule has 0 saturated carbocycles. The minimum Gasteiger partial charge on any atom is -0.330 e. The van der Waals surface area contributed by atoms with Crippen LogP contribution >= 0.6 is 0 Å². The van der Waals surface area contributed by atoms with Crippen LogP contribution in [0.4, 0.5) is 4.39 Å². The van der Waals surface area contributed by atoms with Gasteiger partial charge in [0.05, 0.1) is 6.17 Å². The van der Waals surface area contributed by atoms with Crippen LogP contribution in [-0.2, 0) is 0 Å². The zero-order chi connectivity index (χ0) is 8.27. The van der Waals surface area contributed by atoms with Gasteiger partial charge in [-0.15, -0.1) is 0 Å². The van der Waals surface area contributed by atoms with Gasteiger partial charge in [-0.1, -0.05) is 0 Å². The molecule has 66 valence electrons. The summed E-state index contributed by atoms with van der Waals surface area (Å²) in [5.41, 5.74) is 5.54. The standard InChI is InChI=1S/C8H17FN2/c1-6(9)2-7-4-11-5-8(7)3-10/h6-8,11H,2-5,10H2,1H3. The van der Waals surface area contributed by atoms with E-state index in [1.54, 1.807) is 6.92 Å². The summed E-state index contributed by atoms with van der Waals surface area (Å²) in [6, 6.07) is 0. The summed E-state index contributed by atoms with van der Waals surface area (Å²) >= 11 is 0. The minimum absolute atomic E-state index is 0.458. The molecule has 1 aliphatic heterocycles. The molecule has 2 nitrogen and oxygen atoms in total. The Kier molecular flexibility index (Phi) is 3.27. The lowest BCUT2D eigenvalue weighted by Gasteiger charge is -2.16. The number of nitrogens with one attached hydrogen (secondary N) is 1. The molecule has 11 heavy (non-hydrogen) atoms. The van der Waals surface area contributed by atoms with E-state index in [2.05, 4.69) is 5.32 Å². The summed E-state index contributed by atoms with van der Waals surface area (Å²) < 4.78 is 12.6. The highest BCUT2D eigenvalue weighted by molar-refractivity contribution is 4.82. The SMILES string of the molecule is CC(F)CC1CNCC1CN. The maximum Gasteiger partial charge on any atom is 0.0976 e. The highest BCUT2D eigenvalue weighted by atomic mass is 19.1. The number of halogens is 1. The van der Waals surface area contributed by atoms with Gasteiger partial charge in [0, 0.05) is 0 Å². The van der Waals surface area contributed by atoms with E-state index in [0.29, 0.717) is 24.8 Å². The average Bonchev–Trinajstić information content (AvgIpc) is 2.34. The predicted octanol–water partition coefficient (Wildman–Crippen LogP) is 0.529. The van der Waals surface area contributed by atoms with Crippen LogP contribution in [0.1, 0.15) is 13.3 Å². The quantitative estimate of drug-likeness (QED) is 0.632. The number of hydrogen-bond acceptors (Lipinski definition) is 2. The van der Waals surface area contributed by atoms with Crippen LogP contribution in [0.25, 0.3) is 0 Å². The molecule has 0 radical (unpaired) electrons. The summed E-state index contributed by atoms with van der Waals surface area (Å²) in [6.45, 7) is 4.21. The summed E-state index contributed by atoms with van der Waals surface area (Å²) in [5.74, 6) is 0.952. The van der Waals surface area contributed by atoms with Gasteiger partial charge in [0.1, 0.15) is 0 Å². The van der Waals surface area contributed by atoms with Gasteiger partial charge < -0.3 is 11.1 Å². The molecular weight excluding hydrogens is 143 g/mol. The number of alkyl halides is 1. The fourth-order valence-electron chi connectivity index (χ4n) is 1.76.